The summed E-state index contributed by atoms with van der Waals surface area (Å²) in [6, 6.07) is 4.64. The van der Waals surface area contributed by atoms with E-state index < -0.39 is 0 Å². The lowest BCUT2D eigenvalue weighted by atomic mass is 10.0. The average molecular weight is 303 g/mol. The van der Waals surface area contributed by atoms with Gasteiger partial charge in [0.05, 0.1) is 6.04 Å². The molecule has 0 aliphatic carbocycles. The van der Waals surface area contributed by atoms with Gasteiger partial charge in [-0.1, -0.05) is 13.8 Å². The summed E-state index contributed by atoms with van der Waals surface area (Å²) in [5.74, 6) is 1.57. The predicted molar refractivity (Wildman–Crippen MR) is 75.1 cm³/mol. The molecule has 0 saturated heterocycles. The Kier molecular flexibility index (Phi) is 5.70. The number of furan rings is 1. The Morgan fingerprint density at radius 3 is 2.35 bits per heavy atom. The van der Waals surface area contributed by atoms with E-state index in [1.807, 2.05) is 12.1 Å². The van der Waals surface area contributed by atoms with Crippen molar-refractivity contribution in [2.45, 2.75) is 32.9 Å². The second-order valence-electron chi connectivity index (χ2n) is 5.14. The van der Waals surface area contributed by atoms with E-state index in [2.05, 4.69) is 61.0 Å². The Hall–Kier alpha value is -0.320. The van der Waals surface area contributed by atoms with Crippen molar-refractivity contribution >= 4 is 15.9 Å². The molecule has 4 heteroatoms. The van der Waals surface area contributed by atoms with Crippen LogP contribution in [-0.4, -0.2) is 31.6 Å². The van der Waals surface area contributed by atoms with Gasteiger partial charge in [-0.25, -0.2) is 0 Å². The summed E-state index contributed by atoms with van der Waals surface area (Å²) in [6.45, 7) is 7.65. The summed E-state index contributed by atoms with van der Waals surface area (Å²) in [5, 5.41) is 3.62. The number of hydrogen-bond donors (Lipinski definition) is 1. The molecule has 0 radical (unpaired) electrons. The minimum atomic E-state index is 0.230. The van der Waals surface area contributed by atoms with Gasteiger partial charge < -0.3 is 14.6 Å². The highest BCUT2D eigenvalue weighted by molar-refractivity contribution is 9.10. The van der Waals surface area contributed by atoms with E-state index >= 15 is 0 Å². The maximum absolute atomic E-state index is 5.57. The molecule has 0 aliphatic heterocycles. The van der Waals surface area contributed by atoms with Gasteiger partial charge in [0.25, 0.3) is 0 Å². The van der Waals surface area contributed by atoms with Gasteiger partial charge in [0, 0.05) is 12.6 Å². The highest BCUT2D eigenvalue weighted by Crippen LogP contribution is 2.21. The number of likely N-dealkylation sites (N-methyl/N-ethyl adjacent to an activating group) is 1. The van der Waals surface area contributed by atoms with Gasteiger partial charge in [-0.2, -0.15) is 0 Å². The van der Waals surface area contributed by atoms with Crippen LogP contribution in [0.3, 0.4) is 0 Å². The molecular weight excluding hydrogens is 280 g/mol. The van der Waals surface area contributed by atoms with Crippen LogP contribution in [0.15, 0.2) is 21.2 Å². The van der Waals surface area contributed by atoms with Crippen LogP contribution in [0.2, 0.25) is 0 Å². The quantitative estimate of drug-likeness (QED) is 0.874. The van der Waals surface area contributed by atoms with E-state index in [1.165, 1.54) is 0 Å². The Morgan fingerprint density at radius 1 is 1.29 bits per heavy atom. The van der Waals surface area contributed by atoms with Crippen LogP contribution in [0.4, 0.5) is 0 Å². The minimum absolute atomic E-state index is 0.230. The predicted octanol–water partition coefficient (Wildman–Crippen LogP) is 3.28. The van der Waals surface area contributed by atoms with Crippen LogP contribution < -0.4 is 5.32 Å². The maximum atomic E-state index is 5.57. The molecule has 1 rings (SSSR count). The van der Waals surface area contributed by atoms with Crippen LogP contribution in [-0.2, 0) is 0 Å². The van der Waals surface area contributed by atoms with Crippen molar-refractivity contribution < 1.29 is 4.42 Å². The van der Waals surface area contributed by atoms with Gasteiger partial charge in [0.1, 0.15) is 5.76 Å². The largest absolute Gasteiger partial charge is 0.453 e. The first-order chi connectivity index (χ1) is 7.90. The highest BCUT2D eigenvalue weighted by atomic mass is 79.9. The first kappa shape index (κ1) is 14.7. The van der Waals surface area contributed by atoms with E-state index in [0.29, 0.717) is 12.0 Å². The lowest BCUT2D eigenvalue weighted by molar-refractivity contribution is 0.262. The fourth-order valence-corrected chi connectivity index (χ4v) is 2.13. The maximum Gasteiger partial charge on any atom is 0.169 e. The Labute approximate surface area is 113 Å². The van der Waals surface area contributed by atoms with Gasteiger partial charge >= 0.3 is 0 Å². The van der Waals surface area contributed by atoms with Gasteiger partial charge in [-0.15, -0.1) is 0 Å². The summed E-state index contributed by atoms with van der Waals surface area (Å²) in [5.41, 5.74) is 0. The first-order valence-corrected chi connectivity index (χ1v) is 6.85. The molecule has 0 saturated carbocycles. The van der Waals surface area contributed by atoms with Crippen molar-refractivity contribution in [3.8, 4) is 0 Å². The molecular formula is C13H23BrN2O. The van der Waals surface area contributed by atoms with Crippen LogP contribution in [0.1, 0.15) is 32.6 Å². The van der Waals surface area contributed by atoms with Crippen molar-refractivity contribution in [1.29, 1.82) is 0 Å². The van der Waals surface area contributed by atoms with E-state index in [0.717, 1.165) is 17.0 Å². The fourth-order valence-electron chi connectivity index (χ4n) is 1.81. The van der Waals surface area contributed by atoms with Crippen LogP contribution in [0.25, 0.3) is 0 Å². The molecule has 1 aromatic heterocycles. The summed E-state index contributed by atoms with van der Waals surface area (Å²) in [7, 11) is 4.20. The molecule has 1 heterocycles. The van der Waals surface area contributed by atoms with Crippen LogP contribution in [0, 0.1) is 5.92 Å². The van der Waals surface area contributed by atoms with Crippen LogP contribution in [0.5, 0.6) is 0 Å². The van der Waals surface area contributed by atoms with Crippen molar-refractivity contribution in [1.82, 2.24) is 10.2 Å². The second-order valence-corrected chi connectivity index (χ2v) is 5.92. The van der Waals surface area contributed by atoms with Gasteiger partial charge in [0.15, 0.2) is 4.67 Å². The lowest BCUT2D eigenvalue weighted by Crippen LogP contribution is -2.43. The van der Waals surface area contributed by atoms with E-state index in [-0.39, 0.29) is 6.04 Å². The number of nitrogens with one attached hydrogen (secondary N) is 1. The number of halogens is 1. The summed E-state index contributed by atoms with van der Waals surface area (Å²) < 4.78 is 6.36. The zero-order chi connectivity index (χ0) is 13.0. The van der Waals surface area contributed by atoms with E-state index in [9.17, 15) is 0 Å². The molecule has 0 aromatic carbocycles. The van der Waals surface area contributed by atoms with Crippen molar-refractivity contribution in [2.24, 2.45) is 5.92 Å². The van der Waals surface area contributed by atoms with Crippen molar-refractivity contribution in [2.75, 3.05) is 20.6 Å². The van der Waals surface area contributed by atoms with Gasteiger partial charge in [0.2, 0.25) is 0 Å². The molecule has 0 bridgehead atoms. The standard InChI is InChI=1S/C13H23BrN2O/c1-9(2)11(8-16(4)5)15-10(3)12-6-7-13(14)17-12/h6-7,9-11,15H,8H2,1-5H3. The molecule has 0 spiro atoms. The number of nitrogens with zero attached hydrogens (tertiary/aromatic N) is 1. The normalized spacial score (nSPS) is 15.5. The SMILES string of the molecule is CC(NC(CN(C)C)C(C)C)c1ccc(Br)o1. The molecule has 17 heavy (non-hydrogen) atoms. The summed E-state index contributed by atoms with van der Waals surface area (Å²) >= 11 is 3.33. The fraction of sp³-hybridized carbons (Fsp3) is 0.692. The van der Waals surface area contributed by atoms with E-state index in [4.69, 9.17) is 4.42 Å². The Balaban J connectivity index is 2.60. The molecule has 2 unspecified atom stereocenters. The van der Waals surface area contributed by atoms with Gasteiger partial charge in [-0.05, 0) is 55.0 Å². The minimum Gasteiger partial charge on any atom is -0.453 e. The second kappa shape index (κ2) is 6.57. The molecule has 0 fully saturated rings. The molecule has 98 valence electrons. The third kappa shape index (κ3) is 4.82. The monoisotopic (exact) mass is 302 g/mol. The first-order valence-electron chi connectivity index (χ1n) is 6.06. The average Bonchev–Trinajstić information content (AvgIpc) is 2.63. The molecule has 1 aromatic rings. The highest BCUT2D eigenvalue weighted by Gasteiger charge is 2.19. The molecule has 0 amide bonds. The van der Waals surface area contributed by atoms with Gasteiger partial charge in [-0.3, -0.25) is 0 Å². The Bertz CT molecular complexity index is 336. The van der Waals surface area contributed by atoms with Crippen molar-refractivity contribution in [3.63, 3.8) is 0 Å². The third-order valence-corrected chi connectivity index (χ3v) is 3.28. The van der Waals surface area contributed by atoms with Crippen molar-refractivity contribution in [3.05, 3.63) is 22.6 Å². The van der Waals surface area contributed by atoms with E-state index in [1.54, 1.807) is 0 Å². The third-order valence-electron chi connectivity index (χ3n) is 2.85. The topological polar surface area (TPSA) is 28.4 Å². The Morgan fingerprint density at radius 2 is 1.94 bits per heavy atom. The number of hydrogen-bond acceptors (Lipinski definition) is 3. The summed E-state index contributed by atoms with van der Waals surface area (Å²) in [4.78, 5) is 2.21. The molecule has 1 N–H and O–H groups in total. The van der Waals surface area contributed by atoms with Crippen LogP contribution >= 0.6 is 15.9 Å². The lowest BCUT2D eigenvalue weighted by Gasteiger charge is -2.28. The number of rotatable bonds is 6. The molecule has 0 aliphatic rings. The zero-order valence-corrected chi connectivity index (χ0v) is 12.9. The molecule has 3 nitrogen and oxygen atoms in total. The smallest absolute Gasteiger partial charge is 0.169 e. The zero-order valence-electron chi connectivity index (χ0n) is 11.3. The summed E-state index contributed by atoms with van der Waals surface area (Å²) in [6.07, 6.45) is 0. The molecule has 2 atom stereocenters.